The van der Waals surface area contributed by atoms with Crippen LogP contribution in [-0.4, -0.2) is 4.98 Å². The first kappa shape index (κ1) is 13.1. The fourth-order valence-electron chi connectivity index (χ4n) is 3.07. The summed E-state index contributed by atoms with van der Waals surface area (Å²) in [6, 6.07) is 13.0. The first-order valence-corrected chi connectivity index (χ1v) is 8.30. The molecule has 21 heavy (non-hydrogen) atoms. The number of benzene rings is 2. The van der Waals surface area contributed by atoms with Gasteiger partial charge in [-0.1, -0.05) is 17.7 Å². The van der Waals surface area contributed by atoms with E-state index in [9.17, 15) is 0 Å². The maximum absolute atomic E-state index is 6.07. The van der Waals surface area contributed by atoms with E-state index in [1.807, 2.05) is 6.07 Å². The molecule has 3 aromatic rings. The first-order chi connectivity index (χ1) is 10.2. The quantitative estimate of drug-likeness (QED) is 0.689. The van der Waals surface area contributed by atoms with Crippen molar-refractivity contribution >= 4 is 38.8 Å². The van der Waals surface area contributed by atoms with Crippen LogP contribution in [0.25, 0.3) is 10.2 Å². The summed E-state index contributed by atoms with van der Waals surface area (Å²) in [5.41, 5.74) is 5.00. The van der Waals surface area contributed by atoms with Crippen molar-refractivity contribution in [1.29, 1.82) is 0 Å². The Bertz CT molecular complexity index is 825. The first-order valence-electron chi connectivity index (χ1n) is 7.11. The lowest BCUT2D eigenvalue weighted by molar-refractivity contribution is 0.762. The number of rotatable bonds is 2. The molecule has 1 heterocycles. The van der Waals surface area contributed by atoms with Gasteiger partial charge >= 0.3 is 0 Å². The van der Waals surface area contributed by atoms with E-state index < -0.39 is 0 Å². The smallest absolute Gasteiger partial charge is 0.0907 e. The molecule has 0 fully saturated rings. The van der Waals surface area contributed by atoms with E-state index in [1.54, 1.807) is 11.3 Å². The van der Waals surface area contributed by atoms with E-state index in [-0.39, 0.29) is 0 Å². The Morgan fingerprint density at radius 1 is 1.24 bits per heavy atom. The van der Waals surface area contributed by atoms with Gasteiger partial charge in [-0.2, -0.15) is 0 Å². The summed E-state index contributed by atoms with van der Waals surface area (Å²) in [5, 5.41) is 5.60. The Morgan fingerprint density at radius 2 is 2.14 bits per heavy atom. The fraction of sp³-hybridized carbons (Fsp3) is 0.235. The lowest BCUT2D eigenvalue weighted by Crippen LogP contribution is -2.06. The average molecular weight is 315 g/mol. The zero-order chi connectivity index (χ0) is 14.4. The second-order valence-corrected chi connectivity index (χ2v) is 7.17. The van der Waals surface area contributed by atoms with Crippen LogP contribution in [0.15, 0.2) is 36.4 Å². The van der Waals surface area contributed by atoms with Gasteiger partial charge in [-0.15, -0.1) is 11.3 Å². The molecular weight excluding hydrogens is 300 g/mol. The number of hydrogen-bond donors (Lipinski definition) is 1. The number of anilines is 1. The lowest BCUT2D eigenvalue weighted by Gasteiger charge is -2.15. The second kappa shape index (κ2) is 5.00. The van der Waals surface area contributed by atoms with Crippen LogP contribution < -0.4 is 5.32 Å². The van der Waals surface area contributed by atoms with E-state index in [0.717, 1.165) is 28.4 Å². The van der Waals surface area contributed by atoms with Crippen LogP contribution in [-0.2, 0) is 6.42 Å². The summed E-state index contributed by atoms with van der Waals surface area (Å²) in [5.74, 6) is 0. The van der Waals surface area contributed by atoms with Crippen molar-refractivity contribution in [1.82, 2.24) is 4.98 Å². The molecule has 1 aromatic heterocycles. The molecule has 1 aliphatic rings. The highest BCUT2D eigenvalue weighted by Gasteiger charge is 2.22. The summed E-state index contributed by atoms with van der Waals surface area (Å²) in [6.45, 7) is 2.05. The Hall–Kier alpha value is -1.58. The molecule has 0 saturated heterocycles. The monoisotopic (exact) mass is 314 g/mol. The molecule has 0 bridgehead atoms. The molecular formula is C17H15ClN2S. The van der Waals surface area contributed by atoms with Gasteiger partial charge < -0.3 is 5.32 Å². The molecule has 1 unspecified atom stereocenters. The number of nitrogens with one attached hydrogen (secondary N) is 1. The molecule has 106 valence electrons. The zero-order valence-electron chi connectivity index (χ0n) is 11.7. The van der Waals surface area contributed by atoms with Gasteiger partial charge in [-0.3, -0.25) is 0 Å². The van der Waals surface area contributed by atoms with Gasteiger partial charge in [0, 0.05) is 10.7 Å². The molecule has 1 atom stereocenters. The minimum absolute atomic E-state index is 0.378. The molecule has 4 rings (SSSR count). The largest absolute Gasteiger partial charge is 0.378 e. The molecule has 2 nitrogen and oxygen atoms in total. The lowest BCUT2D eigenvalue weighted by atomic mass is 10.1. The number of aryl methyl sites for hydroxylation is 2. The summed E-state index contributed by atoms with van der Waals surface area (Å²) in [7, 11) is 0. The van der Waals surface area contributed by atoms with Crippen LogP contribution in [0.3, 0.4) is 0 Å². The Morgan fingerprint density at radius 3 is 3.05 bits per heavy atom. The van der Waals surface area contributed by atoms with E-state index in [1.165, 1.54) is 21.5 Å². The van der Waals surface area contributed by atoms with E-state index in [4.69, 9.17) is 11.6 Å². The predicted molar refractivity (Wildman–Crippen MR) is 90.5 cm³/mol. The van der Waals surface area contributed by atoms with Crippen molar-refractivity contribution in [3.8, 4) is 0 Å². The molecule has 0 saturated carbocycles. The molecule has 0 radical (unpaired) electrons. The second-order valence-electron chi connectivity index (χ2n) is 5.49. The molecule has 2 aromatic carbocycles. The van der Waals surface area contributed by atoms with Gasteiger partial charge in [0.25, 0.3) is 0 Å². The van der Waals surface area contributed by atoms with Crippen LogP contribution in [0, 0.1) is 6.92 Å². The summed E-state index contributed by atoms with van der Waals surface area (Å²) >= 11 is 7.82. The van der Waals surface area contributed by atoms with E-state index in [0.29, 0.717) is 6.04 Å². The van der Waals surface area contributed by atoms with Gasteiger partial charge in [0.1, 0.15) is 0 Å². The molecule has 1 aliphatic carbocycles. The van der Waals surface area contributed by atoms with Gasteiger partial charge in [0.15, 0.2) is 0 Å². The maximum Gasteiger partial charge on any atom is 0.0907 e. The average Bonchev–Trinajstić information content (AvgIpc) is 3.01. The van der Waals surface area contributed by atoms with Gasteiger partial charge in [0.05, 0.1) is 21.3 Å². The third kappa shape index (κ3) is 2.41. The standard InChI is InChI=1S/C17H15ClN2S/c1-10-19-16-7-4-13(9-17(16)21-10)20-15-6-2-11-8-12(18)3-5-14(11)15/h3-5,7-9,15,20H,2,6H2,1H3. The molecule has 4 heteroatoms. The highest BCUT2D eigenvalue weighted by Crippen LogP contribution is 2.36. The highest BCUT2D eigenvalue weighted by molar-refractivity contribution is 7.18. The van der Waals surface area contributed by atoms with Gasteiger partial charge in [0.2, 0.25) is 0 Å². The Kier molecular flexibility index (Phi) is 3.12. The number of nitrogens with zero attached hydrogens (tertiary/aromatic N) is 1. The van der Waals surface area contributed by atoms with Gasteiger partial charge in [-0.25, -0.2) is 4.98 Å². The molecule has 1 N–H and O–H groups in total. The number of hydrogen-bond acceptors (Lipinski definition) is 3. The maximum atomic E-state index is 6.07. The summed E-state index contributed by atoms with van der Waals surface area (Å²) in [6.07, 6.45) is 2.21. The zero-order valence-corrected chi connectivity index (χ0v) is 13.3. The third-order valence-corrected chi connectivity index (χ3v) is 5.19. The highest BCUT2D eigenvalue weighted by atomic mass is 35.5. The van der Waals surface area contributed by atoms with Crippen LogP contribution in [0.4, 0.5) is 5.69 Å². The SMILES string of the molecule is Cc1nc2ccc(NC3CCc4cc(Cl)ccc43)cc2s1. The van der Waals surface area contributed by atoms with Crippen LogP contribution in [0.2, 0.25) is 5.02 Å². The summed E-state index contributed by atoms with van der Waals surface area (Å²) < 4.78 is 1.24. The number of aromatic nitrogens is 1. The number of fused-ring (bicyclic) bond motifs is 2. The van der Waals surface area contributed by atoms with E-state index in [2.05, 4.69) is 47.6 Å². The predicted octanol–water partition coefficient (Wildman–Crippen LogP) is 5.36. The fourth-order valence-corrected chi connectivity index (χ4v) is 4.13. The van der Waals surface area contributed by atoms with Crippen molar-refractivity contribution in [3.63, 3.8) is 0 Å². The Labute approximate surface area is 132 Å². The normalized spacial score (nSPS) is 17.1. The third-order valence-electron chi connectivity index (χ3n) is 4.02. The number of halogens is 1. The Balaban J connectivity index is 1.64. The number of thiazole rings is 1. The van der Waals surface area contributed by atoms with Crippen molar-refractivity contribution in [2.75, 3.05) is 5.32 Å². The van der Waals surface area contributed by atoms with Crippen LogP contribution >= 0.6 is 22.9 Å². The minimum atomic E-state index is 0.378. The van der Waals surface area contributed by atoms with Crippen LogP contribution in [0.1, 0.15) is 28.6 Å². The topological polar surface area (TPSA) is 24.9 Å². The van der Waals surface area contributed by atoms with Crippen LogP contribution in [0.5, 0.6) is 0 Å². The van der Waals surface area contributed by atoms with Crippen molar-refractivity contribution in [2.45, 2.75) is 25.8 Å². The van der Waals surface area contributed by atoms with E-state index >= 15 is 0 Å². The van der Waals surface area contributed by atoms with Crippen molar-refractivity contribution in [2.24, 2.45) is 0 Å². The molecule has 0 amide bonds. The van der Waals surface area contributed by atoms with Crippen molar-refractivity contribution < 1.29 is 0 Å². The molecule has 0 aliphatic heterocycles. The van der Waals surface area contributed by atoms with Crippen molar-refractivity contribution in [3.05, 3.63) is 57.6 Å². The summed E-state index contributed by atoms with van der Waals surface area (Å²) in [4.78, 5) is 4.51. The van der Waals surface area contributed by atoms with Gasteiger partial charge in [-0.05, 0) is 61.2 Å². The minimum Gasteiger partial charge on any atom is -0.378 e. The molecule has 0 spiro atoms.